The van der Waals surface area contributed by atoms with Crippen LogP contribution in [0, 0.1) is 16.2 Å². The molecular weight excluding hydrogens is 1540 g/mol. The highest BCUT2D eigenvalue weighted by Crippen LogP contribution is 2.49. The average molecular weight is 1700 g/mol. The topological polar surface area (TPSA) is 348 Å². The lowest BCUT2D eigenvalue weighted by atomic mass is 9.76. The summed E-state index contributed by atoms with van der Waals surface area (Å²) in [7, 11) is 2.00. The van der Waals surface area contributed by atoms with Crippen molar-refractivity contribution in [2.24, 2.45) is 16.2 Å². The lowest BCUT2D eigenvalue weighted by molar-refractivity contribution is -0.263. The molecular formula is C92H154N6O22. The van der Waals surface area contributed by atoms with Gasteiger partial charge in [-0.1, -0.05) is 65.7 Å². The van der Waals surface area contributed by atoms with Gasteiger partial charge < -0.3 is 68.8 Å². The van der Waals surface area contributed by atoms with Gasteiger partial charge in [-0.2, -0.15) is 25.3 Å². The molecule has 0 aliphatic carbocycles. The van der Waals surface area contributed by atoms with Crippen LogP contribution in [-0.4, -0.2) is 235 Å². The zero-order valence-electron chi connectivity index (χ0n) is 77.8. The van der Waals surface area contributed by atoms with Gasteiger partial charge in [0.2, 0.25) is 0 Å². The number of unbranched alkanes of at least 4 members (excludes halogenated alkanes) is 4. The van der Waals surface area contributed by atoms with Gasteiger partial charge in [-0.3, -0.25) is 33.6 Å². The van der Waals surface area contributed by atoms with E-state index in [0.29, 0.717) is 57.9 Å². The number of rotatable bonds is 37. The van der Waals surface area contributed by atoms with Crippen molar-refractivity contribution >= 4 is 53.5 Å². The number of ether oxygens (including phenoxy) is 8. The van der Waals surface area contributed by atoms with Gasteiger partial charge in [0.25, 0.3) is 0 Å². The number of ketones is 1. The quantitative estimate of drug-likeness (QED) is 0.0136. The second kappa shape index (κ2) is 39.4. The molecule has 6 aliphatic heterocycles. The molecule has 0 saturated carbocycles. The van der Waals surface area contributed by atoms with Crippen LogP contribution >= 0.6 is 0 Å². The van der Waals surface area contributed by atoms with Crippen molar-refractivity contribution < 1.29 is 107 Å². The fourth-order valence-corrected chi connectivity index (χ4v) is 20.7. The predicted molar refractivity (Wildman–Crippen MR) is 450 cm³/mol. The Morgan fingerprint density at radius 2 is 0.567 bits per heavy atom. The first kappa shape index (κ1) is 101. The number of hydroxylamine groups is 10. The number of hydrogen-bond acceptors (Lipinski definition) is 28. The Hall–Kier alpha value is -5.79. The van der Waals surface area contributed by atoms with E-state index >= 15 is 33.6 Å². The van der Waals surface area contributed by atoms with Gasteiger partial charge in [-0.15, -0.1) is 0 Å². The maximum atomic E-state index is 15.3. The Morgan fingerprint density at radius 3 is 0.808 bits per heavy atom. The second-order valence-electron chi connectivity index (χ2n) is 42.7. The van der Waals surface area contributed by atoms with E-state index in [-0.39, 0.29) is 171 Å². The molecule has 6 fully saturated rings. The van der Waals surface area contributed by atoms with Gasteiger partial charge in [-0.05, 0) is 241 Å². The minimum atomic E-state index is -1.93. The first-order chi connectivity index (χ1) is 55.3. The molecule has 6 saturated heterocycles. The van der Waals surface area contributed by atoms with Crippen molar-refractivity contribution in [2.45, 2.75) is 450 Å². The van der Waals surface area contributed by atoms with Crippen LogP contribution < -0.4 is 0 Å². The number of piperidine rings is 6. The van der Waals surface area contributed by atoms with Gasteiger partial charge in [0.1, 0.15) is 36.6 Å². The SMILES string of the molecule is CCCCC(CCCOC(=O)c1cc(C(=O)CCCCC(CCCC)(C(=O)OC2CC(C)(C)N(O)C(C)(C)C2)C(=O)OC2CC(C)(C)N(O)C(C)(C)C2)cc(C(=O)OCCCC(CCCC)(C(=O)OC2CC(C)(C)N(O)C(C)(C)C2)C(=O)OC2CC(C)(C)N(O)C(C)(C)C2)c1)(C(=O)OC1CCN(C)C(C)C1)C(=O)OC1CC(C)(C)N(O)C(C)(C)C1. The van der Waals surface area contributed by atoms with E-state index in [4.69, 9.17) is 37.9 Å². The normalized spacial score (nSPS) is 24.3. The van der Waals surface area contributed by atoms with Gasteiger partial charge in [-0.25, -0.2) is 9.59 Å². The molecule has 0 radical (unpaired) electrons. The lowest BCUT2D eigenvalue weighted by Crippen LogP contribution is -2.61. The summed E-state index contributed by atoms with van der Waals surface area (Å²) in [5, 5.41) is 62.6. The average Bonchev–Trinajstić information content (AvgIpc) is 0.774. The number of hydrogen-bond donors (Lipinski definition) is 5. The zero-order chi connectivity index (χ0) is 90.3. The molecule has 1 aromatic rings. The summed E-state index contributed by atoms with van der Waals surface area (Å²) in [5.74, 6) is -7.21. The van der Waals surface area contributed by atoms with Crippen LogP contribution in [0.4, 0.5) is 0 Å². The summed E-state index contributed by atoms with van der Waals surface area (Å²) in [6, 6.07) is 3.91. The van der Waals surface area contributed by atoms with Crippen molar-refractivity contribution in [3.63, 3.8) is 0 Å². The zero-order valence-corrected chi connectivity index (χ0v) is 77.8. The maximum Gasteiger partial charge on any atom is 0.338 e. The molecule has 120 heavy (non-hydrogen) atoms. The van der Waals surface area contributed by atoms with E-state index in [1.54, 1.807) is 0 Å². The van der Waals surface area contributed by atoms with E-state index in [9.17, 15) is 35.6 Å². The Bertz CT molecular complexity index is 3360. The molecule has 6 heterocycles. The maximum absolute atomic E-state index is 15.3. The molecule has 0 amide bonds. The van der Waals surface area contributed by atoms with Gasteiger partial charge >= 0.3 is 47.8 Å². The standard InChI is InChI=1S/C92H154N6O22/c1-26-29-38-90(75(103)116-66-51-80(5,6)94(108)81(7,8)52-66,76(104)117-67-53-82(9,10)95(109)83(11,12)54-67)41-33-32-36-71(99)62-48-63(72(100)113-45-34-42-91(39-30-27-2,74(102)115-65-37-44-93(25)61(4)47-65)77(105)118-68-55-84(13,14)96(110)85(15,16)56-68)50-64(49-62)73(101)114-46-35-43-92(40-31-28-3,78(106)119-69-57-86(17,18)97(111)87(19,20)58-69)79(107)120-70-59-88(21,22)98(112)89(23,24)60-70/h48-50,61,65-70,108-112H,26-47,51-60H2,1-25H3. The van der Waals surface area contributed by atoms with Crippen LogP contribution in [0.3, 0.4) is 0 Å². The minimum absolute atomic E-state index is 0.00703. The smallest absolute Gasteiger partial charge is 0.338 e. The first-order valence-electron chi connectivity index (χ1n) is 44.7. The third-order valence-corrected chi connectivity index (χ3v) is 27.0. The van der Waals surface area contributed by atoms with Crippen LogP contribution in [0.5, 0.6) is 0 Å². The fourth-order valence-electron chi connectivity index (χ4n) is 20.7. The van der Waals surface area contributed by atoms with E-state index in [0.717, 1.165) is 0 Å². The van der Waals surface area contributed by atoms with Gasteiger partial charge in [0, 0.05) is 144 Å². The van der Waals surface area contributed by atoms with Crippen molar-refractivity contribution in [1.82, 2.24) is 30.2 Å². The lowest BCUT2D eigenvalue weighted by Gasteiger charge is -2.51. The van der Waals surface area contributed by atoms with E-state index in [1.807, 2.05) is 173 Å². The minimum Gasteiger partial charge on any atom is -0.462 e. The van der Waals surface area contributed by atoms with Crippen molar-refractivity contribution in [2.75, 3.05) is 26.8 Å². The molecule has 0 spiro atoms. The summed E-state index contributed by atoms with van der Waals surface area (Å²) in [6.45, 7) is 44.6. The molecule has 28 heteroatoms. The van der Waals surface area contributed by atoms with Crippen molar-refractivity contribution in [1.29, 1.82) is 0 Å². The van der Waals surface area contributed by atoms with Crippen LogP contribution in [0.25, 0.3) is 0 Å². The van der Waals surface area contributed by atoms with E-state index in [2.05, 4.69) is 4.90 Å². The number of esters is 8. The van der Waals surface area contributed by atoms with E-state index in [1.165, 1.54) is 43.5 Å². The van der Waals surface area contributed by atoms with Gasteiger partial charge in [0.15, 0.2) is 22.0 Å². The Labute approximate surface area is 715 Å². The number of Topliss-reactive ketones (excluding diaryl/α,β-unsaturated/α-hetero) is 1. The Balaban J connectivity index is 1.22. The van der Waals surface area contributed by atoms with Crippen LogP contribution in [0.15, 0.2) is 18.2 Å². The summed E-state index contributed by atoms with van der Waals surface area (Å²) in [4.78, 5) is 138. The third-order valence-electron chi connectivity index (χ3n) is 27.0. The second-order valence-corrected chi connectivity index (χ2v) is 42.7. The predicted octanol–water partition coefficient (Wildman–Crippen LogP) is 16.6. The highest BCUT2D eigenvalue weighted by Gasteiger charge is 2.59. The molecule has 7 rings (SSSR count). The fraction of sp³-hybridized carbons (Fsp3) is 0.837. The molecule has 0 bridgehead atoms. The molecule has 1 aromatic carbocycles. The summed E-state index contributed by atoms with van der Waals surface area (Å²) in [6.07, 6.45) is 2.07. The first-order valence-corrected chi connectivity index (χ1v) is 44.7. The van der Waals surface area contributed by atoms with Gasteiger partial charge in [0.05, 0.1) is 24.3 Å². The Kier molecular flexibility index (Phi) is 33.3. The van der Waals surface area contributed by atoms with Crippen LogP contribution in [0.2, 0.25) is 0 Å². The van der Waals surface area contributed by atoms with Crippen LogP contribution in [-0.2, 0) is 66.7 Å². The molecule has 3 atom stereocenters. The third kappa shape index (κ3) is 24.1. The summed E-state index contributed by atoms with van der Waals surface area (Å²) < 4.78 is 50.6. The highest BCUT2D eigenvalue weighted by atomic mass is 16.6. The number of benzene rings is 1. The monoisotopic (exact) mass is 1700 g/mol. The van der Waals surface area contributed by atoms with Crippen molar-refractivity contribution in [3.05, 3.63) is 34.9 Å². The Morgan fingerprint density at radius 1 is 0.342 bits per heavy atom. The molecule has 684 valence electrons. The van der Waals surface area contributed by atoms with Crippen molar-refractivity contribution in [3.8, 4) is 0 Å². The largest absolute Gasteiger partial charge is 0.462 e. The summed E-state index contributed by atoms with van der Waals surface area (Å²) >= 11 is 0. The number of carbonyl (C=O) groups is 9. The molecule has 6 aliphatic rings. The number of carbonyl (C=O) groups excluding carboxylic acids is 9. The molecule has 28 nitrogen and oxygen atoms in total. The molecule has 0 aromatic heterocycles. The molecule has 3 unspecified atom stereocenters. The van der Waals surface area contributed by atoms with E-state index < -0.39 is 162 Å². The number of nitrogens with zero attached hydrogens (tertiary/aromatic N) is 6. The molecule has 5 N–H and O–H groups in total. The summed E-state index contributed by atoms with van der Waals surface area (Å²) in [5.41, 5.74) is -14.4. The number of likely N-dealkylation sites (tertiary alicyclic amines) is 1. The highest BCUT2D eigenvalue weighted by molar-refractivity contribution is 6.04. The van der Waals surface area contributed by atoms with Crippen LogP contribution in [0.1, 0.15) is 383 Å².